The van der Waals surface area contributed by atoms with Crippen LogP contribution < -0.4 is 10.6 Å². The summed E-state index contributed by atoms with van der Waals surface area (Å²) in [5, 5.41) is 6.71. The van der Waals surface area contributed by atoms with Crippen molar-refractivity contribution in [1.29, 1.82) is 0 Å². The van der Waals surface area contributed by atoms with Gasteiger partial charge in [0.25, 0.3) is 11.8 Å². The summed E-state index contributed by atoms with van der Waals surface area (Å²) in [7, 11) is 0. The van der Waals surface area contributed by atoms with Crippen molar-refractivity contribution in [3.63, 3.8) is 0 Å². The molecule has 0 aliphatic carbocycles. The summed E-state index contributed by atoms with van der Waals surface area (Å²) in [5.74, 6) is -0.436. The molecule has 132 valence electrons. The number of thiophene rings is 1. The maximum absolute atomic E-state index is 12.4. The van der Waals surface area contributed by atoms with E-state index in [1.807, 2.05) is 6.92 Å². The third-order valence-electron chi connectivity index (χ3n) is 3.99. The Labute approximate surface area is 155 Å². The summed E-state index contributed by atoms with van der Waals surface area (Å²) in [6.45, 7) is 3.12. The first kappa shape index (κ1) is 17.9. The highest BCUT2D eigenvalue weighted by Crippen LogP contribution is 2.28. The van der Waals surface area contributed by atoms with Gasteiger partial charge in [-0.25, -0.2) is 0 Å². The Morgan fingerprint density at radius 2 is 2.12 bits per heavy atom. The summed E-state index contributed by atoms with van der Waals surface area (Å²) in [4.78, 5) is 25.3. The Balaban J connectivity index is 1.64. The zero-order chi connectivity index (χ0) is 17.8. The average molecular weight is 379 g/mol. The number of carbonyl (C=O) groups excluding carboxylic acids is 2. The molecule has 2 aromatic rings. The van der Waals surface area contributed by atoms with Crippen molar-refractivity contribution in [2.24, 2.45) is 0 Å². The third kappa shape index (κ3) is 4.39. The molecule has 7 heteroatoms. The van der Waals surface area contributed by atoms with Gasteiger partial charge in [-0.05, 0) is 43.5 Å². The molecule has 1 saturated heterocycles. The van der Waals surface area contributed by atoms with E-state index in [0.717, 1.165) is 25.0 Å². The van der Waals surface area contributed by atoms with Crippen LogP contribution in [0.15, 0.2) is 30.3 Å². The molecule has 0 saturated carbocycles. The molecule has 1 aromatic carbocycles. The van der Waals surface area contributed by atoms with Gasteiger partial charge in [-0.15, -0.1) is 11.3 Å². The Kier molecular flexibility index (Phi) is 5.73. The summed E-state index contributed by atoms with van der Waals surface area (Å²) in [6.07, 6.45) is 2.11. The molecule has 0 bridgehead atoms. The maximum atomic E-state index is 12.4. The highest BCUT2D eigenvalue weighted by atomic mass is 35.5. The molecular weight excluding hydrogens is 360 g/mol. The van der Waals surface area contributed by atoms with Crippen LogP contribution >= 0.6 is 22.9 Å². The Morgan fingerprint density at radius 1 is 1.32 bits per heavy atom. The van der Waals surface area contributed by atoms with Gasteiger partial charge in [0, 0.05) is 13.2 Å². The predicted molar refractivity (Wildman–Crippen MR) is 99.8 cm³/mol. The van der Waals surface area contributed by atoms with Crippen molar-refractivity contribution in [3.05, 3.63) is 51.4 Å². The largest absolute Gasteiger partial charge is 0.376 e. The van der Waals surface area contributed by atoms with Crippen molar-refractivity contribution in [1.82, 2.24) is 5.32 Å². The fraction of sp³-hybridized carbons (Fsp3) is 0.333. The molecule has 1 aliphatic heterocycles. The zero-order valence-corrected chi connectivity index (χ0v) is 15.4. The van der Waals surface area contributed by atoms with Gasteiger partial charge in [0.15, 0.2) is 0 Å². The first-order valence-corrected chi connectivity index (χ1v) is 9.30. The smallest absolute Gasteiger partial charge is 0.261 e. The number of nitrogens with one attached hydrogen (secondary N) is 2. The van der Waals surface area contributed by atoms with Crippen LogP contribution in [0.5, 0.6) is 0 Å². The second-order valence-corrected chi connectivity index (χ2v) is 7.36. The van der Waals surface area contributed by atoms with Crippen LogP contribution in [0.4, 0.5) is 5.00 Å². The van der Waals surface area contributed by atoms with Crippen LogP contribution in [0.2, 0.25) is 5.02 Å². The molecule has 1 aliphatic rings. The predicted octanol–water partition coefficient (Wildman–Crippen LogP) is 3.87. The topological polar surface area (TPSA) is 67.4 Å². The molecule has 25 heavy (non-hydrogen) atoms. The fourth-order valence-corrected chi connectivity index (χ4v) is 3.89. The summed E-state index contributed by atoms with van der Waals surface area (Å²) in [5.41, 5.74) is 1.23. The van der Waals surface area contributed by atoms with Gasteiger partial charge >= 0.3 is 0 Å². The molecule has 1 atom stereocenters. The van der Waals surface area contributed by atoms with Gasteiger partial charge in [-0.2, -0.15) is 0 Å². The van der Waals surface area contributed by atoms with E-state index in [9.17, 15) is 9.59 Å². The highest BCUT2D eigenvalue weighted by molar-refractivity contribution is 7.18. The first-order chi connectivity index (χ1) is 12.0. The van der Waals surface area contributed by atoms with E-state index in [1.165, 1.54) is 11.3 Å². The minimum Gasteiger partial charge on any atom is -0.376 e. The lowest BCUT2D eigenvalue weighted by atomic mass is 10.2. The number of hydrogen-bond donors (Lipinski definition) is 2. The molecular formula is C18H19ClN2O3S. The number of aryl methyl sites for hydroxylation is 1. The van der Waals surface area contributed by atoms with E-state index in [-0.39, 0.29) is 17.9 Å². The van der Waals surface area contributed by atoms with Gasteiger partial charge in [0.05, 0.1) is 26.6 Å². The lowest BCUT2D eigenvalue weighted by Crippen LogP contribution is -2.31. The fourth-order valence-electron chi connectivity index (χ4n) is 2.69. The van der Waals surface area contributed by atoms with Crippen LogP contribution in [0, 0.1) is 6.92 Å². The SMILES string of the molecule is Cc1cc(NC(=O)c2ccccc2Cl)sc1C(=O)NCC1CCCO1. The number of halogens is 1. The monoisotopic (exact) mass is 378 g/mol. The van der Waals surface area contributed by atoms with E-state index in [1.54, 1.807) is 30.3 Å². The standard InChI is InChI=1S/C18H19ClN2O3S/c1-11-9-15(21-17(22)13-6-2-3-7-14(13)19)25-16(11)18(23)20-10-12-5-4-8-24-12/h2-3,6-7,9,12H,4-5,8,10H2,1H3,(H,20,23)(H,21,22). The van der Waals surface area contributed by atoms with Crippen molar-refractivity contribution in [2.75, 3.05) is 18.5 Å². The third-order valence-corrected chi connectivity index (χ3v) is 5.47. The molecule has 2 heterocycles. The van der Waals surface area contributed by atoms with Crippen LogP contribution in [0.25, 0.3) is 0 Å². The number of ether oxygens (including phenoxy) is 1. The number of hydrogen-bond acceptors (Lipinski definition) is 4. The van der Waals surface area contributed by atoms with E-state index in [0.29, 0.717) is 27.0 Å². The van der Waals surface area contributed by atoms with E-state index < -0.39 is 0 Å². The quantitative estimate of drug-likeness (QED) is 0.829. The molecule has 5 nitrogen and oxygen atoms in total. The molecule has 1 unspecified atom stereocenters. The zero-order valence-electron chi connectivity index (χ0n) is 13.8. The maximum Gasteiger partial charge on any atom is 0.261 e. The van der Waals surface area contributed by atoms with Gasteiger partial charge in [-0.1, -0.05) is 23.7 Å². The molecule has 1 fully saturated rings. The molecule has 3 rings (SSSR count). The first-order valence-electron chi connectivity index (χ1n) is 8.10. The average Bonchev–Trinajstić information content (AvgIpc) is 3.22. The lowest BCUT2D eigenvalue weighted by molar-refractivity contribution is 0.0860. The Hall–Kier alpha value is -1.89. The van der Waals surface area contributed by atoms with Crippen molar-refractivity contribution in [2.45, 2.75) is 25.9 Å². The van der Waals surface area contributed by atoms with Crippen LogP contribution in [-0.2, 0) is 4.74 Å². The van der Waals surface area contributed by atoms with E-state index in [4.69, 9.17) is 16.3 Å². The van der Waals surface area contributed by atoms with Crippen molar-refractivity contribution in [3.8, 4) is 0 Å². The second kappa shape index (κ2) is 7.99. The number of amides is 2. The van der Waals surface area contributed by atoms with Gasteiger partial charge in [-0.3, -0.25) is 9.59 Å². The Morgan fingerprint density at radius 3 is 2.84 bits per heavy atom. The number of anilines is 1. The van der Waals surface area contributed by atoms with Crippen molar-refractivity contribution >= 4 is 39.8 Å². The van der Waals surface area contributed by atoms with Gasteiger partial charge < -0.3 is 15.4 Å². The minimum atomic E-state index is -0.293. The number of rotatable bonds is 5. The van der Waals surface area contributed by atoms with E-state index >= 15 is 0 Å². The molecule has 0 radical (unpaired) electrons. The van der Waals surface area contributed by atoms with Gasteiger partial charge in [0.2, 0.25) is 0 Å². The number of carbonyl (C=O) groups is 2. The molecule has 2 amide bonds. The lowest BCUT2D eigenvalue weighted by Gasteiger charge is -2.10. The van der Waals surface area contributed by atoms with E-state index in [2.05, 4.69) is 10.6 Å². The number of benzene rings is 1. The summed E-state index contributed by atoms with van der Waals surface area (Å²) < 4.78 is 5.51. The summed E-state index contributed by atoms with van der Waals surface area (Å²) >= 11 is 7.29. The van der Waals surface area contributed by atoms with Gasteiger partial charge in [0.1, 0.15) is 0 Å². The molecule has 2 N–H and O–H groups in total. The molecule has 1 aromatic heterocycles. The Bertz CT molecular complexity index is 784. The minimum absolute atomic E-state index is 0.101. The van der Waals surface area contributed by atoms with Crippen molar-refractivity contribution < 1.29 is 14.3 Å². The van der Waals surface area contributed by atoms with Crippen LogP contribution in [-0.4, -0.2) is 31.1 Å². The van der Waals surface area contributed by atoms with Crippen LogP contribution in [0.3, 0.4) is 0 Å². The highest BCUT2D eigenvalue weighted by Gasteiger charge is 2.19. The normalized spacial score (nSPS) is 16.6. The second-order valence-electron chi connectivity index (χ2n) is 5.90. The molecule has 0 spiro atoms. The summed E-state index contributed by atoms with van der Waals surface area (Å²) in [6, 6.07) is 8.64. The van der Waals surface area contributed by atoms with Crippen LogP contribution in [0.1, 0.15) is 38.4 Å².